The first kappa shape index (κ1) is 19.1. The average Bonchev–Trinajstić information content (AvgIpc) is 2.53. The minimum atomic E-state index is -0.302. The van der Waals surface area contributed by atoms with E-state index < -0.39 is 0 Å². The van der Waals surface area contributed by atoms with Crippen molar-refractivity contribution in [3.8, 4) is 5.75 Å². The van der Waals surface area contributed by atoms with Crippen LogP contribution in [0.25, 0.3) is 0 Å². The number of hydrogen-bond donors (Lipinski definition) is 3. The molecule has 138 valence electrons. The zero-order valence-electron chi connectivity index (χ0n) is 15.6. The fourth-order valence-corrected chi connectivity index (χ4v) is 2.87. The van der Waals surface area contributed by atoms with Crippen molar-refractivity contribution in [3.63, 3.8) is 0 Å². The zero-order chi connectivity index (χ0) is 18.6. The summed E-state index contributed by atoms with van der Waals surface area (Å²) >= 11 is 0. The van der Waals surface area contributed by atoms with Crippen molar-refractivity contribution < 1.29 is 14.3 Å². The number of carbonyl (C=O) groups excluding carboxylic acids is 2. The Balaban J connectivity index is 2.29. The molecule has 1 aliphatic rings. The summed E-state index contributed by atoms with van der Waals surface area (Å²) in [6, 6.07) is 4.88. The highest BCUT2D eigenvalue weighted by Crippen LogP contribution is 2.29. The Morgan fingerprint density at radius 1 is 1.40 bits per heavy atom. The zero-order valence-corrected chi connectivity index (χ0v) is 15.6. The Morgan fingerprint density at radius 3 is 2.76 bits per heavy atom. The van der Waals surface area contributed by atoms with Gasteiger partial charge in [-0.25, -0.2) is 4.79 Å². The van der Waals surface area contributed by atoms with Crippen molar-refractivity contribution >= 4 is 17.6 Å². The maximum atomic E-state index is 12.7. The molecule has 0 aromatic heterocycles. The summed E-state index contributed by atoms with van der Waals surface area (Å²) in [6.45, 7) is 7.14. The lowest BCUT2D eigenvalue weighted by Gasteiger charge is -2.32. The number of hydrogen-bond acceptors (Lipinski definition) is 4. The Hall–Kier alpha value is -2.28. The van der Waals surface area contributed by atoms with E-state index in [-0.39, 0.29) is 30.0 Å². The van der Waals surface area contributed by atoms with E-state index in [2.05, 4.69) is 22.9 Å². The first-order valence-corrected chi connectivity index (χ1v) is 8.60. The number of carbonyl (C=O) groups is 2. The quantitative estimate of drug-likeness (QED) is 0.776. The largest absolute Gasteiger partial charge is 0.488 e. The van der Waals surface area contributed by atoms with Gasteiger partial charge in [-0.15, -0.1) is 0 Å². The first-order chi connectivity index (χ1) is 11.8. The number of fused-ring (bicyclic) bond motifs is 1. The molecule has 1 aliphatic heterocycles. The smallest absolute Gasteiger partial charge is 0.319 e. The highest BCUT2D eigenvalue weighted by atomic mass is 16.5. The summed E-state index contributed by atoms with van der Waals surface area (Å²) in [5.41, 5.74) is 1.01. The molecule has 7 heteroatoms. The number of nitrogens with one attached hydrogen (secondary N) is 3. The number of likely N-dealkylation sites (N-methyl/N-ethyl adjacent to an activating group) is 1. The van der Waals surface area contributed by atoms with Gasteiger partial charge < -0.3 is 25.6 Å². The predicted octanol–water partition coefficient (Wildman–Crippen LogP) is 1.90. The van der Waals surface area contributed by atoms with E-state index in [9.17, 15) is 9.59 Å². The van der Waals surface area contributed by atoms with E-state index >= 15 is 0 Å². The van der Waals surface area contributed by atoms with Crippen LogP contribution in [-0.4, -0.2) is 56.2 Å². The van der Waals surface area contributed by atoms with Gasteiger partial charge in [-0.05, 0) is 39.1 Å². The molecule has 0 spiro atoms. The molecule has 25 heavy (non-hydrogen) atoms. The van der Waals surface area contributed by atoms with Gasteiger partial charge >= 0.3 is 6.03 Å². The Bertz CT molecular complexity index is 633. The molecule has 0 saturated carbocycles. The molecule has 1 heterocycles. The molecule has 2 rings (SSSR count). The second-order valence-corrected chi connectivity index (χ2v) is 6.84. The summed E-state index contributed by atoms with van der Waals surface area (Å²) in [6.07, 6.45) is -0.0395. The summed E-state index contributed by atoms with van der Waals surface area (Å²) in [5.74, 6) is 0.625. The van der Waals surface area contributed by atoms with Crippen LogP contribution in [-0.2, 0) is 0 Å². The Kier molecular flexibility index (Phi) is 6.25. The molecule has 0 radical (unpaired) electrons. The van der Waals surface area contributed by atoms with Gasteiger partial charge in [-0.3, -0.25) is 4.79 Å². The number of ether oxygens (including phenoxy) is 1. The maximum absolute atomic E-state index is 12.7. The van der Waals surface area contributed by atoms with Gasteiger partial charge in [-0.1, -0.05) is 6.92 Å². The number of nitrogens with zero attached hydrogens (tertiary/aromatic N) is 1. The van der Waals surface area contributed by atoms with Crippen molar-refractivity contribution in [3.05, 3.63) is 23.8 Å². The Labute approximate surface area is 149 Å². The van der Waals surface area contributed by atoms with E-state index in [1.165, 1.54) is 0 Å². The van der Waals surface area contributed by atoms with Gasteiger partial charge in [0.15, 0.2) is 0 Å². The third kappa shape index (κ3) is 4.85. The van der Waals surface area contributed by atoms with Gasteiger partial charge in [0.2, 0.25) is 0 Å². The van der Waals surface area contributed by atoms with Crippen molar-refractivity contribution in [2.24, 2.45) is 5.92 Å². The molecule has 3 N–H and O–H groups in total. The third-order valence-corrected chi connectivity index (χ3v) is 4.11. The highest BCUT2D eigenvalue weighted by molar-refractivity contribution is 5.99. The SMILES string of the molecule is CNC[C@H]1Oc2ccc(NC(=O)NC(C)C)cc2C(=O)N(C)C[C@@H]1C. The third-order valence-electron chi connectivity index (χ3n) is 4.11. The number of anilines is 1. The summed E-state index contributed by atoms with van der Waals surface area (Å²) < 4.78 is 6.09. The molecular formula is C18H28N4O3. The molecule has 3 amide bonds. The topological polar surface area (TPSA) is 82.7 Å². The van der Waals surface area contributed by atoms with E-state index in [0.29, 0.717) is 30.1 Å². The molecular weight excluding hydrogens is 320 g/mol. The number of rotatable bonds is 4. The number of amides is 3. The molecule has 0 fully saturated rings. The fourth-order valence-electron chi connectivity index (χ4n) is 2.87. The van der Waals surface area contributed by atoms with Gasteiger partial charge in [0.1, 0.15) is 11.9 Å². The highest BCUT2D eigenvalue weighted by Gasteiger charge is 2.28. The second-order valence-electron chi connectivity index (χ2n) is 6.84. The standard InChI is InChI=1S/C18H28N4O3/c1-11(2)20-18(24)21-13-6-7-15-14(8-13)17(23)22(5)10-12(3)16(25-15)9-19-4/h6-8,11-12,16,19H,9-10H2,1-5H3,(H2,20,21,24)/t12-,16+/m0/s1. The Morgan fingerprint density at radius 2 is 2.12 bits per heavy atom. The summed E-state index contributed by atoms with van der Waals surface area (Å²) in [4.78, 5) is 26.3. The van der Waals surface area contributed by atoms with Gasteiger partial charge in [0, 0.05) is 37.8 Å². The van der Waals surface area contributed by atoms with Crippen molar-refractivity contribution in [2.45, 2.75) is 32.9 Å². The van der Waals surface area contributed by atoms with Gasteiger partial charge in [0.05, 0.1) is 5.56 Å². The molecule has 0 saturated heterocycles. The molecule has 1 aromatic carbocycles. The summed E-state index contributed by atoms with van der Waals surface area (Å²) in [5, 5.41) is 8.64. The lowest BCUT2D eigenvalue weighted by Crippen LogP contribution is -2.44. The van der Waals surface area contributed by atoms with Crippen LogP contribution < -0.4 is 20.7 Å². The van der Waals surface area contributed by atoms with Crippen molar-refractivity contribution in [1.82, 2.24) is 15.5 Å². The molecule has 2 atom stereocenters. The molecule has 0 bridgehead atoms. The maximum Gasteiger partial charge on any atom is 0.319 e. The molecule has 0 unspecified atom stereocenters. The monoisotopic (exact) mass is 348 g/mol. The van der Waals surface area contributed by atoms with E-state index in [1.54, 1.807) is 30.1 Å². The second kappa shape index (κ2) is 8.20. The van der Waals surface area contributed by atoms with Crippen LogP contribution in [0.5, 0.6) is 5.75 Å². The van der Waals surface area contributed by atoms with E-state index in [1.807, 2.05) is 20.9 Å². The van der Waals surface area contributed by atoms with Crippen molar-refractivity contribution in [1.29, 1.82) is 0 Å². The summed E-state index contributed by atoms with van der Waals surface area (Å²) in [7, 11) is 3.67. The van der Waals surface area contributed by atoms with Crippen LogP contribution in [0.4, 0.5) is 10.5 Å². The van der Waals surface area contributed by atoms with Crippen LogP contribution in [0, 0.1) is 5.92 Å². The fraction of sp³-hybridized carbons (Fsp3) is 0.556. The first-order valence-electron chi connectivity index (χ1n) is 8.60. The molecule has 0 aliphatic carbocycles. The molecule has 1 aromatic rings. The van der Waals surface area contributed by atoms with Crippen LogP contribution >= 0.6 is 0 Å². The molecule has 7 nitrogen and oxygen atoms in total. The minimum absolute atomic E-state index is 0.0317. The van der Waals surface area contributed by atoms with Crippen LogP contribution in [0.2, 0.25) is 0 Å². The lowest BCUT2D eigenvalue weighted by atomic mass is 10.0. The lowest BCUT2D eigenvalue weighted by molar-refractivity contribution is 0.0637. The average molecular weight is 348 g/mol. The number of urea groups is 1. The van der Waals surface area contributed by atoms with Crippen LogP contribution in [0.15, 0.2) is 18.2 Å². The van der Waals surface area contributed by atoms with E-state index in [4.69, 9.17) is 4.74 Å². The minimum Gasteiger partial charge on any atom is -0.488 e. The van der Waals surface area contributed by atoms with Crippen LogP contribution in [0.3, 0.4) is 0 Å². The number of benzene rings is 1. The normalized spacial score (nSPS) is 20.4. The predicted molar refractivity (Wildman–Crippen MR) is 98.2 cm³/mol. The van der Waals surface area contributed by atoms with E-state index in [0.717, 1.165) is 0 Å². The van der Waals surface area contributed by atoms with Gasteiger partial charge in [-0.2, -0.15) is 0 Å². The van der Waals surface area contributed by atoms with Gasteiger partial charge in [0.25, 0.3) is 5.91 Å². The van der Waals surface area contributed by atoms with Crippen molar-refractivity contribution in [2.75, 3.05) is 32.5 Å². The van der Waals surface area contributed by atoms with Crippen LogP contribution in [0.1, 0.15) is 31.1 Å².